The van der Waals surface area contributed by atoms with Crippen molar-refractivity contribution in [3.05, 3.63) is 39.4 Å². The monoisotopic (exact) mass is 353 g/mol. The van der Waals surface area contributed by atoms with Crippen LogP contribution in [0.2, 0.25) is 0 Å². The molecule has 1 saturated heterocycles. The smallest absolute Gasteiger partial charge is 0.273 e. The van der Waals surface area contributed by atoms with Gasteiger partial charge in [-0.15, -0.1) is 0 Å². The number of piperazine rings is 1. The number of nitrogens with zero attached hydrogens (tertiary/aromatic N) is 3. The van der Waals surface area contributed by atoms with Gasteiger partial charge >= 0.3 is 0 Å². The molecule has 3 rings (SSSR count). The van der Waals surface area contributed by atoms with Gasteiger partial charge in [-0.2, -0.15) is 4.31 Å². The summed E-state index contributed by atoms with van der Waals surface area (Å²) < 4.78 is 25.9. The van der Waals surface area contributed by atoms with Crippen LogP contribution in [-0.4, -0.2) is 59.9 Å². The molecule has 0 spiro atoms. The fourth-order valence-electron chi connectivity index (χ4n) is 2.95. The molecule has 0 aromatic heterocycles. The molecule has 9 heteroatoms. The summed E-state index contributed by atoms with van der Waals surface area (Å²) in [4.78, 5) is 24.7. The molecule has 1 amide bonds. The van der Waals surface area contributed by atoms with Crippen LogP contribution in [0.25, 0.3) is 0 Å². The van der Waals surface area contributed by atoms with Crippen LogP contribution in [0.15, 0.2) is 18.2 Å². The van der Waals surface area contributed by atoms with Gasteiger partial charge in [0.25, 0.3) is 11.6 Å². The summed E-state index contributed by atoms with van der Waals surface area (Å²) in [7, 11) is -3.22. The van der Waals surface area contributed by atoms with E-state index >= 15 is 0 Å². The first kappa shape index (κ1) is 16.8. The van der Waals surface area contributed by atoms with Gasteiger partial charge in [-0.3, -0.25) is 14.9 Å². The molecule has 0 bridgehead atoms. The van der Waals surface area contributed by atoms with Crippen molar-refractivity contribution >= 4 is 21.6 Å². The Morgan fingerprint density at radius 3 is 2.38 bits per heavy atom. The van der Waals surface area contributed by atoms with E-state index in [0.29, 0.717) is 37.1 Å². The molecule has 1 aromatic rings. The highest BCUT2D eigenvalue weighted by molar-refractivity contribution is 7.90. The zero-order chi connectivity index (χ0) is 17.5. The van der Waals surface area contributed by atoms with E-state index in [0.717, 1.165) is 0 Å². The number of sulfonamides is 1. The second kappa shape index (κ2) is 6.14. The predicted octanol–water partition coefficient (Wildman–Crippen LogP) is 1.15. The minimum absolute atomic E-state index is 0.0872. The van der Waals surface area contributed by atoms with E-state index in [4.69, 9.17) is 0 Å². The van der Waals surface area contributed by atoms with Gasteiger partial charge < -0.3 is 4.90 Å². The highest BCUT2D eigenvalue weighted by atomic mass is 32.2. The topological polar surface area (TPSA) is 101 Å². The second-order valence-corrected chi connectivity index (χ2v) is 8.36. The molecular weight excluding hydrogens is 334 g/mol. The quantitative estimate of drug-likeness (QED) is 0.597. The molecule has 1 aliphatic carbocycles. The lowest BCUT2D eigenvalue weighted by molar-refractivity contribution is -0.385. The number of nitro benzene ring substituents is 1. The molecule has 8 nitrogen and oxygen atoms in total. The van der Waals surface area contributed by atoms with Crippen LogP contribution >= 0.6 is 0 Å². The summed E-state index contributed by atoms with van der Waals surface area (Å²) in [6.45, 7) is 2.70. The van der Waals surface area contributed by atoms with Crippen LogP contribution in [0.4, 0.5) is 5.69 Å². The third-order valence-corrected chi connectivity index (χ3v) is 6.96. The zero-order valence-electron chi connectivity index (χ0n) is 13.3. The first-order chi connectivity index (χ1) is 11.3. The number of hydrogen-bond acceptors (Lipinski definition) is 5. The van der Waals surface area contributed by atoms with Crippen LogP contribution in [0.1, 0.15) is 28.8 Å². The fourth-order valence-corrected chi connectivity index (χ4v) is 4.77. The summed E-state index contributed by atoms with van der Waals surface area (Å²) >= 11 is 0. The highest BCUT2D eigenvalue weighted by Gasteiger charge is 2.41. The van der Waals surface area contributed by atoms with E-state index in [9.17, 15) is 23.3 Å². The summed E-state index contributed by atoms with van der Waals surface area (Å²) in [5.74, 6) is -0.292. The summed E-state index contributed by atoms with van der Waals surface area (Å²) in [5.41, 5.74) is 0.541. The van der Waals surface area contributed by atoms with Crippen LogP contribution in [0.5, 0.6) is 0 Å². The van der Waals surface area contributed by atoms with Gasteiger partial charge in [0.2, 0.25) is 10.0 Å². The number of benzene rings is 1. The van der Waals surface area contributed by atoms with Crippen molar-refractivity contribution < 1.29 is 18.1 Å². The lowest BCUT2D eigenvalue weighted by Gasteiger charge is -2.34. The van der Waals surface area contributed by atoms with Crippen LogP contribution in [-0.2, 0) is 10.0 Å². The van der Waals surface area contributed by atoms with Crippen molar-refractivity contribution in [1.29, 1.82) is 0 Å². The third-order valence-electron chi connectivity index (χ3n) is 4.56. The van der Waals surface area contributed by atoms with Gasteiger partial charge in [0.1, 0.15) is 0 Å². The third kappa shape index (κ3) is 3.01. The number of hydrogen-bond donors (Lipinski definition) is 0. The van der Waals surface area contributed by atoms with E-state index in [1.165, 1.54) is 16.4 Å². The molecule has 0 radical (unpaired) electrons. The zero-order valence-corrected chi connectivity index (χ0v) is 14.2. The molecule has 0 unspecified atom stereocenters. The molecule has 0 atom stereocenters. The van der Waals surface area contributed by atoms with E-state index in [-0.39, 0.29) is 29.9 Å². The van der Waals surface area contributed by atoms with E-state index < -0.39 is 14.9 Å². The Morgan fingerprint density at radius 2 is 1.83 bits per heavy atom. The maximum atomic E-state index is 12.6. The Hall–Kier alpha value is -2.00. The number of carbonyl (C=O) groups excluding carboxylic acids is 1. The van der Waals surface area contributed by atoms with Crippen molar-refractivity contribution in [2.24, 2.45) is 0 Å². The van der Waals surface area contributed by atoms with Crippen molar-refractivity contribution in [3.63, 3.8) is 0 Å². The van der Waals surface area contributed by atoms with Gasteiger partial charge in [0.05, 0.1) is 10.2 Å². The van der Waals surface area contributed by atoms with Crippen molar-refractivity contribution in [3.8, 4) is 0 Å². The number of nitro groups is 1. The average Bonchev–Trinajstić information content (AvgIpc) is 3.39. The Labute approximate surface area is 140 Å². The first-order valence-corrected chi connectivity index (χ1v) is 9.35. The van der Waals surface area contributed by atoms with Gasteiger partial charge in [-0.25, -0.2) is 8.42 Å². The van der Waals surface area contributed by atoms with Crippen molar-refractivity contribution in [2.75, 3.05) is 26.2 Å². The van der Waals surface area contributed by atoms with Crippen molar-refractivity contribution in [1.82, 2.24) is 9.21 Å². The average molecular weight is 353 g/mol. The minimum Gasteiger partial charge on any atom is -0.336 e. The number of carbonyl (C=O) groups is 1. The van der Waals surface area contributed by atoms with E-state index in [1.54, 1.807) is 17.9 Å². The van der Waals surface area contributed by atoms with Gasteiger partial charge in [0.15, 0.2) is 0 Å². The molecule has 1 saturated carbocycles. The molecule has 1 aliphatic heterocycles. The summed E-state index contributed by atoms with van der Waals surface area (Å²) in [6, 6.07) is 4.43. The SMILES string of the molecule is Cc1c(C(=O)N2CCN(S(=O)(=O)C3CC3)CC2)cccc1[N+](=O)[O-]. The molecule has 2 fully saturated rings. The molecule has 130 valence electrons. The predicted molar refractivity (Wildman–Crippen MR) is 87.3 cm³/mol. The largest absolute Gasteiger partial charge is 0.336 e. The minimum atomic E-state index is -3.22. The Bertz CT molecular complexity index is 780. The van der Waals surface area contributed by atoms with Gasteiger partial charge in [0, 0.05) is 43.4 Å². The first-order valence-electron chi connectivity index (χ1n) is 7.84. The van der Waals surface area contributed by atoms with E-state index in [2.05, 4.69) is 0 Å². The van der Waals surface area contributed by atoms with Crippen LogP contribution in [0.3, 0.4) is 0 Å². The highest BCUT2D eigenvalue weighted by Crippen LogP contribution is 2.31. The Morgan fingerprint density at radius 1 is 1.21 bits per heavy atom. The molecule has 2 aliphatic rings. The summed E-state index contributed by atoms with van der Waals surface area (Å²) in [5, 5.41) is 10.8. The molecule has 1 heterocycles. The normalized spacial score (nSPS) is 19.3. The van der Waals surface area contributed by atoms with Crippen LogP contribution in [0, 0.1) is 17.0 Å². The lowest BCUT2D eigenvalue weighted by Crippen LogP contribution is -2.51. The fraction of sp³-hybridized carbons (Fsp3) is 0.533. The van der Waals surface area contributed by atoms with Gasteiger partial charge in [-0.05, 0) is 25.8 Å². The van der Waals surface area contributed by atoms with Crippen LogP contribution < -0.4 is 0 Å². The Balaban J connectivity index is 1.72. The number of amides is 1. The Kier molecular flexibility index (Phi) is 4.31. The molecule has 1 aromatic carbocycles. The van der Waals surface area contributed by atoms with Gasteiger partial charge in [-0.1, -0.05) is 6.07 Å². The molecule has 0 N–H and O–H groups in total. The van der Waals surface area contributed by atoms with E-state index in [1.807, 2.05) is 0 Å². The maximum Gasteiger partial charge on any atom is 0.273 e. The second-order valence-electron chi connectivity index (χ2n) is 6.14. The maximum absolute atomic E-state index is 12.6. The molecular formula is C15H19N3O5S. The standard InChI is InChI=1S/C15H19N3O5S/c1-11-13(3-2-4-14(11)18(20)21)15(19)16-7-9-17(10-8-16)24(22,23)12-5-6-12/h2-4,12H,5-10H2,1H3. The number of rotatable bonds is 4. The van der Waals surface area contributed by atoms with Crippen molar-refractivity contribution in [2.45, 2.75) is 25.0 Å². The summed E-state index contributed by atoms with van der Waals surface area (Å²) in [6.07, 6.45) is 1.43. The molecule has 24 heavy (non-hydrogen) atoms. The lowest BCUT2D eigenvalue weighted by atomic mass is 10.1.